The molecule has 1 aromatic carbocycles. The number of carboxylic acid groups (broad SMARTS) is 1. The Morgan fingerprint density at radius 3 is 2.87 bits per heavy atom. The first-order valence-electron chi connectivity index (χ1n) is 7.18. The topological polar surface area (TPSA) is 102 Å². The number of ether oxygens (including phenoxy) is 1. The van der Waals surface area contributed by atoms with Gasteiger partial charge >= 0.3 is 5.97 Å². The summed E-state index contributed by atoms with van der Waals surface area (Å²) in [6.45, 7) is 2.04. The maximum Gasteiger partial charge on any atom is 0.337 e. The van der Waals surface area contributed by atoms with Crippen molar-refractivity contribution >= 4 is 27.4 Å². The molecular formula is C14H16ClNO6S. The largest absolute Gasteiger partial charge is 0.478 e. The molecule has 2 saturated heterocycles. The summed E-state index contributed by atoms with van der Waals surface area (Å²) in [5.41, 5.74) is 2.80. The number of carboxylic acids is 1. The van der Waals surface area contributed by atoms with Gasteiger partial charge in [0.2, 0.25) is 0 Å². The molecule has 0 aliphatic carbocycles. The molecule has 9 heteroatoms. The first kappa shape index (κ1) is 16.7. The summed E-state index contributed by atoms with van der Waals surface area (Å²) in [6, 6.07) is 2.41. The van der Waals surface area contributed by atoms with Gasteiger partial charge in [-0.2, -0.15) is 5.48 Å². The molecule has 3 rings (SSSR count). The van der Waals surface area contributed by atoms with Crippen LogP contribution in [0.5, 0.6) is 0 Å². The van der Waals surface area contributed by atoms with Crippen molar-refractivity contribution in [3.8, 4) is 0 Å². The number of halogens is 1. The van der Waals surface area contributed by atoms with Crippen molar-refractivity contribution in [2.24, 2.45) is 0 Å². The minimum atomic E-state index is -3.60. The van der Waals surface area contributed by atoms with Gasteiger partial charge in [-0.15, -0.1) is 0 Å². The van der Waals surface area contributed by atoms with Crippen molar-refractivity contribution in [1.29, 1.82) is 0 Å². The summed E-state index contributed by atoms with van der Waals surface area (Å²) in [7, 11) is -3.60. The number of benzene rings is 1. The van der Waals surface area contributed by atoms with Crippen LogP contribution < -0.4 is 5.48 Å². The molecule has 3 atom stereocenters. The van der Waals surface area contributed by atoms with E-state index in [0.717, 1.165) is 6.42 Å². The Labute approximate surface area is 138 Å². The summed E-state index contributed by atoms with van der Waals surface area (Å²) < 4.78 is 30.4. The Balaban J connectivity index is 2.19. The van der Waals surface area contributed by atoms with Crippen molar-refractivity contribution in [2.75, 3.05) is 12.4 Å². The number of hydrogen-bond acceptors (Lipinski definition) is 6. The molecule has 1 aromatic rings. The second kappa shape index (κ2) is 6.03. The number of carbonyl (C=O) groups is 1. The van der Waals surface area contributed by atoms with Crippen molar-refractivity contribution in [3.63, 3.8) is 0 Å². The van der Waals surface area contributed by atoms with Gasteiger partial charge in [0.05, 0.1) is 27.3 Å². The molecule has 0 radical (unpaired) electrons. The molecule has 2 aliphatic rings. The zero-order valence-electron chi connectivity index (χ0n) is 12.3. The number of sulfone groups is 1. The first-order chi connectivity index (χ1) is 10.9. The van der Waals surface area contributed by atoms with Gasteiger partial charge in [0.15, 0.2) is 9.84 Å². The van der Waals surface area contributed by atoms with Gasteiger partial charge in [-0.1, -0.05) is 18.5 Å². The smallest absolute Gasteiger partial charge is 0.337 e. The molecule has 2 aliphatic heterocycles. The summed E-state index contributed by atoms with van der Waals surface area (Å²) in [4.78, 5) is 16.8. The zero-order valence-corrected chi connectivity index (χ0v) is 13.9. The van der Waals surface area contributed by atoms with Crippen LogP contribution in [0, 0.1) is 0 Å². The van der Waals surface area contributed by atoms with E-state index in [9.17, 15) is 18.3 Å². The van der Waals surface area contributed by atoms with Gasteiger partial charge in [0.25, 0.3) is 0 Å². The number of nitrogens with one attached hydrogen (secondary N) is 1. The molecule has 126 valence electrons. The molecule has 7 nitrogen and oxygen atoms in total. The maximum absolute atomic E-state index is 12.4. The average Bonchev–Trinajstić information content (AvgIpc) is 3.10. The Hall–Kier alpha value is -1.19. The third-order valence-corrected chi connectivity index (χ3v) is 6.34. The van der Waals surface area contributed by atoms with Crippen LogP contribution >= 0.6 is 11.6 Å². The fraction of sp³-hybridized carbons (Fsp3) is 0.500. The highest BCUT2D eigenvalue weighted by molar-refractivity contribution is 7.91. The Kier molecular flexibility index (Phi) is 4.37. The van der Waals surface area contributed by atoms with E-state index in [1.165, 1.54) is 19.1 Å². The normalized spacial score (nSPS) is 27.1. The highest BCUT2D eigenvalue weighted by Crippen LogP contribution is 2.42. The second-order valence-electron chi connectivity index (χ2n) is 5.43. The highest BCUT2D eigenvalue weighted by Gasteiger charge is 2.45. The number of rotatable bonds is 4. The average molecular weight is 362 g/mol. The highest BCUT2D eigenvalue weighted by atomic mass is 35.5. The van der Waals surface area contributed by atoms with Crippen molar-refractivity contribution in [1.82, 2.24) is 5.48 Å². The lowest BCUT2D eigenvalue weighted by Crippen LogP contribution is -2.26. The molecule has 23 heavy (non-hydrogen) atoms. The predicted molar refractivity (Wildman–Crippen MR) is 81.2 cm³/mol. The third-order valence-electron chi connectivity index (χ3n) is 4.15. The van der Waals surface area contributed by atoms with E-state index in [0.29, 0.717) is 6.61 Å². The molecule has 0 bridgehead atoms. The van der Waals surface area contributed by atoms with Crippen molar-refractivity contribution in [3.05, 3.63) is 28.3 Å². The fourth-order valence-corrected chi connectivity index (χ4v) is 4.47. The van der Waals surface area contributed by atoms with Gasteiger partial charge in [0.1, 0.15) is 12.2 Å². The monoisotopic (exact) mass is 361 g/mol. The molecule has 2 heterocycles. The van der Waals surface area contributed by atoms with Crippen LogP contribution in [0.25, 0.3) is 0 Å². The molecule has 2 N–H and O–H groups in total. The zero-order chi connectivity index (χ0) is 16.8. The van der Waals surface area contributed by atoms with E-state index < -0.39 is 28.0 Å². The van der Waals surface area contributed by atoms with Gasteiger partial charge in [-0.05, 0) is 18.6 Å². The number of hydroxylamine groups is 1. The van der Waals surface area contributed by atoms with Crippen LogP contribution in [0.1, 0.15) is 35.4 Å². The molecule has 0 spiro atoms. The Morgan fingerprint density at radius 1 is 1.48 bits per heavy atom. The van der Waals surface area contributed by atoms with Crippen LogP contribution in [0.15, 0.2) is 17.0 Å². The van der Waals surface area contributed by atoms with E-state index in [-0.39, 0.29) is 32.8 Å². The standard InChI is InChI=1S/C14H16ClNO6S/c1-2-23(19,20)9-4-3-7(14(17)18)11(15)10(9)13-12-8(16-22-13)5-6-21-12/h3-4,8,12-13,16H,2,5-6H2,1H3,(H,17,18). The summed E-state index contributed by atoms with van der Waals surface area (Å²) >= 11 is 6.23. The van der Waals surface area contributed by atoms with E-state index in [2.05, 4.69) is 5.48 Å². The van der Waals surface area contributed by atoms with E-state index in [1.807, 2.05) is 0 Å². The van der Waals surface area contributed by atoms with Gasteiger partial charge in [-0.25, -0.2) is 13.2 Å². The molecule has 0 saturated carbocycles. The van der Waals surface area contributed by atoms with Gasteiger partial charge < -0.3 is 9.84 Å². The lowest BCUT2D eigenvalue weighted by Gasteiger charge is -2.21. The maximum atomic E-state index is 12.4. The Bertz CT molecular complexity index is 750. The van der Waals surface area contributed by atoms with E-state index >= 15 is 0 Å². The van der Waals surface area contributed by atoms with Crippen LogP contribution in [0.4, 0.5) is 0 Å². The van der Waals surface area contributed by atoms with Crippen LogP contribution in [-0.4, -0.2) is 44.0 Å². The van der Waals surface area contributed by atoms with E-state index in [4.69, 9.17) is 21.2 Å². The molecular weight excluding hydrogens is 346 g/mol. The van der Waals surface area contributed by atoms with Crippen LogP contribution in [-0.2, 0) is 19.4 Å². The molecule has 0 aromatic heterocycles. The third kappa shape index (κ3) is 2.74. The number of hydrogen-bond donors (Lipinski definition) is 2. The molecule has 2 fully saturated rings. The van der Waals surface area contributed by atoms with Gasteiger partial charge in [-0.3, -0.25) is 4.84 Å². The molecule has 3 unspecified atom stereocenters. The number of fused-ring (bicyclic) bond motifs is 1. The first-order valence-corrected chi connectivity index (χ1v) is 9.21. The summed E-state index contributed by atoms with van der Waals surface area (Å²) in [6.07, 6.45) is -0.444. The number of aromatic carboxylic acids is 1. The van der Waals surface area contributed by atoms with Gasteiger partial charge in [0, 0.05) is 12.2 Å². The predicted octanol–water partition coefficient (Wildman–Crippen LogP) is 1.57. The lowest BCUT2D eigenvalue weighted by molar-refractivity contribution is -0.0286. The molecule has 0 amide bonds. The van der Waals surface area contributed by atoms with Crippen LogP contribution in [0.2, 0.25) is 5.02 Å². The minimum Gasteiger partial charge on any atom is -0.478 e. The van der Waals surface area contributed by atoms with Crippen molar-refractivity contribution in [2.45, 2.75) is 36.5 Å². The second-order valence-corrected chi connectivity index (χ2v) is 8.06. The van der Waals surface area contributed by atoms with E-state index in [1.54, 1.807) is 0 Å². The lowest BCUT2D eigenvalue weighted by atomic mass is 9.98. The fourth-order valence-electron chi connectivity index (χ4n) is 2.92. The quantitative estimate of drug-likeness (QED) is 0.839. The summed E-state index contributed by atoms with van der Waals surface area (Å²) in [5.74, 6) is -1.36. The SMILES string of the molecule is CCS(=O)(=O)c1ccc(C(=O)O)c(Cl)c1C1ONC2CCOC21. The minimum absolute atomic E-state index is 0.0158. The summed E-state index contributed by atoms with van der Waals surface area (Å²) in [5, 5.41) is 9.12. The Morgan fingerprint density at radius 2 is 2.22 bits per heavy atom. The van der Waals surface area contributed by atoms with Crippen LogP contribution in [0.3, 0.4) is 0 Å². The van der Waals surface area contributed by atoms with Crippen molar-refractivity contribution < 1.29 is 27.9 Å².